The van der Waals surface area contributed by atoms with Gasteiger partial charge >= 0.3 is 0 Å². The number of nitrogens with one attached hydrogen (secondary N) is 1. The van der Waals surface area contributed by atoms with Gasteiger partial charge in [0.2, 0.25) is 5.91 Å². The minimum atomic E-state index is 0.135. The van der Waals surface area contributed by atoms with E-state index >= 15 is 0 Å². The molecule has 1 heterocycles. The minimum Gasteiger partial charge on any atom is -0.342 e. The van der Waals surface area contributed by atoms with Crippen molar-refractivity contribution in [3.63, 3.8) is 0 Å². The first-order valence-corrected chi connectivity index (χ1v) is 6.83. The van der Waals surface area contributed by atoms with Gasteiger partial charge in [0, 0.05) is 13.1 Å². The van der Waals surface area contributed by atoms with E-state index in [0.717, 1.165) is 44.6 Å². The van der Waals surface area contributed by atoms with Crippen LogP contribution in [0.5, 0.6) is 0 Å². The maximum Gasteiger partial charge on any atom is 0.230 e. The standard InChI is InChI=1S/C13H24N4O/c1-4-6-8-17(9-7-5-2)13(18)10-12-14-11(3)15-16-12/h4-10H2,1-3H3,(H,14,15,16). The lowest BCUT2D eigenvalue weighted by Gasteiger charge is -2.21. The van der Waals surface area contributed by atoms with Gasteiger partial charge in [0.15, 0.2) is 5.82 Å². The second kappa shape index (κ2) is 7.84. The van der Waals surface area contributed by atoms with E-state index in [-0.39, 0.29) is 5.91 Å². The smallest absolute Gasteiger partial charge is 0.230 e. The van der Waals surface area contributed by atoms with Gasteiger partial charge in [-0.2, -0.15) is 5.10 Å². The molecule has 0 aliphatic heterocycles. The molecule has 0 bridgehead atoms. The van der Waals surface area contributed by atoms with Crippen LogP contribution in [0.25, 0.3) is 0 Å². The molecule has 1 rings (SSSR count). The third-order valence-corrected chi connectivity index (χ3v) is 2.87. The highest BCUT2D eigenvalue weighted by Gasteiger charge is 2.15. The molecule has 0 aliphatic carbocycles. The number of unbranched alkanes of at least 4 members (excludes halogenated alkanes) is 2. The van der Waals surface area contributed by atoms with Gasteiger partial charge in [0.1, 0.15) is 5.82 Å². The summed E-state index contributed by atoms with van der Waals surface area (Å²) in [6.07, 6.45) is 4.63. The molecule has 0 atom stereocenters. The van der Waals surface area contributed by atoms with Gasteiger partial charge < -0.3 is 4.90 Å². The molecule has 0 unspecified atom stereocenters. The van der Waals surface area contributed by atoms with Gasteiger partial charge in [0.25, 0.3) is 0 Å². The predicted molar refractivity (Wildman–Crippen MR) is 71.2 cm³/mol. The second-order valence-corrected chi connectivity index (χ2v) is 4.60. The minimum absolute atomic E-state index is 0.135. The van der Waals surface area contributed by atoms with Crippen molar-refractivity contribution in [2.45, 2.75) is 52.9 Å². The Morgan fingerprint density at radius 2 is 1.83 bits per heavy atom. The highest BCUT2D eigenvalue weighted by atomic mass is 16.2. The number of nitrogens with zero attached hydrogens (tertiary/aromatic N) is 3. The molecular formula is C13H24N4O. The van der Waals surface area contributed by atoms with Crippen molar-refractivity contribution in [1.29, 1.82) is 0 Å². The first kappa shape index (κ1) is 14.7. The summed E-state index contributed by atoms with van der Waals surface area (Å²) in [5.41, 5.74) is 0. The van der Waals surface area contributed by atoms with E-state index in [1.54, 1.807) is 0 Å². The van der Waals surface area contributed by atoms with Crippen LogP contribution < -0.4 is 0 Å². The number of amides is 1. The Labute approximate surface area is 109 Å². The first-order valence-electron chi connectivity index (χ1n) is 6.83. The van der Waals surface area contributed by atoms with Gasteiger partial charge in [-0.3, -0.25) is 9.89 Å². The molecule has 5 heteroatoms. The van der Waals surface area contributed by atoms with Crippen LogP contribution in [-0.4, -0.2) is 39.1 Å². The Morgan fingerprint density at radius 1 is 1.22 bits per heavy atom. The maximum absolute atomic E-state index is 12.2. The number of carbonyl (C=O) groups excluding carboxylic acids is 1. The molecule has 5 nitrogen and oxygen atoms in total. The summed E-state index contributed by atoms with van der Waals surface area (Å²) in [7, 11) is 0. The van der Waals surface area contributed by atoms with Gasteiger partial charge in [-0.1, -0.05) is 26.7 Å². The normalized spacial score (nSPS) is 10.6. The Morgan fingerprint density at radius 3 is 2.28 bits per heavy atom. The zero-order valence-corrected chi connectivity index (χ0v) is 11.7. The molecule has 1 amide bonds. The highest BCUT2D eigenvalue weighted by molar-refractivity contribution is 5.77. The summed E-state index contributed by atoms with van der Waals surface area (Å²) in [5, 5.41) is 6.78. The topological polar surface area (TPSA) is 61.9 Å². The number of hydrogen-bond acceptors (Lipinski definition) is 3. The summed E-state index contributed by atoms with van der Waals surface area (Å²) in [6, 6.07) is 0. The van der Waals surface area contributed by atoms with Crippen LogP contribution in [0.2, 0.25) is 0 Å². The summed E-state index contributed by atoms with van der Waals surface area (Å²) >= 11 is 0. The number of carbonyl (C=O) groups is 1. The van der Waals surface area contributed by atoms with Crippen LogP contribution in [-0.2, 0) is 11.2 Å². The molecule has 1 aromatic rings. The van der Waals surface area contributed by atoms with Crippen molar-refractivity contribution >= 4 is 5.91 Å². The van der Waals surface area contributed by atoms with Crippen LogP contribution >= 0.6 is 0 Å². The number of rotatable bonds is 8. The Kier molecular flexibility index (Phi) is 6.39. The molecule has 0 radical (unpaired) electrons. The van der Waals surface area contributed by atoms with Crippen molar-refractivity contribution < 1.29 is 4.79 Å². The number of aryl methyl sites for hydroxylation is 1. The van der Waals surface area contributed by atoms with Crippen molar-refractivity contribution in [3.8, 4) is 0 Å². The second-order valence-electron chi connectivity index (χ2n) is 4.60. The lowest BCUT2D eigenvalue weighted by Crippen LogP contribution is -2.34. The fraction of sp³-hybridized carbons (Fsp3) is 0.769. The molecule has 102 valence electrons. The third-order valence-electron chi connectivity index (χ3n) is 2.87. The van der Waals surface area contributed by atoms with Crippen molar-refractivity contribution in [3.05, 3.63) is 11.6 Å². The molecule has 18 heavy (non-hydrogen) atoms. The molecule has 1 N–H and O–H groups in total. The van der Waals surface area contributed by atoms with Gasteiger partial charge in [-0.15, -0.1) is 0 Å². The van der Waals surface area contributed by atoms with Crippen molar-refractivity contribution in [2.24, 2.45) is 0 Å². The maximum atomic E-state index is 12.2. The molecule has 0 aromatic carbocycles. The van der Waals surface area contributed by atoms with Crippen molar-refractivity contribution in [1.82, 2.24) is 20.1 Å². The number of hydrogen-bond donors (Lipinski definition) is 1. The quantitative estimate of drug-likeness (QED) is 0.770. The number of aromatic nitrogens is 3. The molecule has 0 fully saturated rings. The summed E-state index contributed by atoms with van der Waals surface area (Å²) in [6.45, 7) is 7.81. The molecular weight excluding hydrogens is 228 g/mol. The molecule has 0 aliphatic rings. The SMILES string of the molecule is CCCCN(CCCC)C(=O)Cc1n[nH]c(C)n1. The molecule has 0 saturated carbocycles. The van der Waals surface area contributed by atoms with Gasteiger partial charge in [-0.05, 0) is 19.8 Å². The summed E-state index contributed by atoms with van der Waals surface area (Å²) in [5.74, 6) is 1.48. The van der Waals surface area contributed by atoms with Gasteiger partial charge in [0.05, 0.1) is 6.42 Å². The van der Waals surface area contributed by atoms with Crippen LogP contribution in [0.1, 0.15) is 51.2 Å². The van der Waals surface area contributed by atoms with Crippen molar-refractivity contribution in [2.75, 3.05) is 13.1 Å². The Hall–Kier alpha value is -1.39. The van der Waals surface area contributed by atoms with E-state index < -0.39 is 0 Å². The van der Waals surface area contributed by atoms with Gasteiger partial charge in [-0.25, -0.2) is 4.98 Å². The fourth-order valence-electron chi connectivity index (χ4n) is 1.77. The van der Waals surface area contributed by atoms with E-state index in [2.05, 4.69) is 29.0 Å². The molecule has 0 spiro atoms. The fourth-order valence-corrected chi connectivity index (χ4v) is 1.77. The van der Waals surface area contributed by atoms with E-state index in [1.807, 2.05) is 11.8 Å². The zero-order chi connectivity index (χ0) is 13.4. The summed E-state index contributed by atoms with van der Waals surface area (Å²) < 4.78 is 0. The predicted octanol–water partition coefficient (Wildman–Crippen LogP) is 2.08. The largest absolute Gasteiger partial charge is 0.342 e. The Bertz CT molecular complexity index is 354. The van der Waals surface area contributed by atoms with Crippen LogP contribution in [0, 0.1) is 6.92 Å². The lowest BCUT2D eigenvalue weighted by atomic mass is 10.2. The summed E-state index contributed by atoms with van der Waals surface area (Å²) in [4.78, 5) is 18.3. The van der Waals surface area contributed by atoms with Crippen LogP contribution in [0.15, 0.2) is 0 Å². The zero-order valence-electron chi connectivity index (χ0n) is 11.7. The average Bonchev–Trinajstić information content (AvgIpc) is 2.75. The monoisotopic (exact) mass is 252 g/mol. The first-order chi connectivity index (χ1) is 8.67. The van der Waals surface area contributed by atoms with Crippen LogP contribution in [0.3, 0.4) is 0 Å². The number of aromatic amines is 1. The number of H-pyrrole nitrogens is 1. The molecule has 1 aromatic heterocycles. The van der Waals surface area contributed by atoms with E-state index in [9.17, 15) is 4.79 Å². The van der Waals surface area contributed by atoms with Crippen LogP contribution in [0.4, 0.5) is 0 Å². The van der Waals surface area contributed by atoms with E-state index in [4.69, 9.17) is 0 Å². The van der Waals surface area contributed by atoms with E-state index in [0.29, 0.717) is 12.2 Å². The average molecular weight is 252 g/mol. The van der Waals surface area contributed by atoms with E-state index in [1.165, 1.54) is 0 Å². The Balaban J connectivity index is 2.51. The third kappa shape index (κ3) is 4.85. The highest BCUT2D eigenvalue weighted by Crippen LogP contribution is 2.03. The lowest BCUT2D eigenvalue weighted by molar-refractivity contribution is -0.130. The molecule has 0 saturated heterocycles.